The summed E-state index contributed by atoms with van der Waals surface area (Å²) in [6, 6.07) is 6.07. The third-order valence-electron chi connectivity index (χ3n) is 4.56. The smallest absolute Gasteiger partial charge is 0.344 e. The topological polar surface area (TPSA) is 53.4 Å². The number of rotatable bonds is 6. The predicted molar refractivity (Wildman–Crippen MR) is 115 cm³/mol. The third kappa shape index (κ3) is 4.89. The Morgan fingerprint density at radius 3 is 1.97 bits per heavy atom. The second kappa shape index (κ2) is 9.65. The highest BCUT2D eigenvalue weighted by molar-refractivity contribution is 7.99. The summed E-state index contributed by atoms with van der Waals surface area (Å²) in [5.74, 6) is -10.9. The van der Waals surface area contributed by atoms with Gasteiger partial charge in [0.05, 0.1) is 33.2 Å². The summed E-state index contributed by atoms with van der Waals surface area (Å²) in [7, 11) is 0. The zero-order valence-electron chi connectivity index (χ0n) is 18.9. The van der Waals surface area contributed by atoms with Crippen LogP contribution in [0, 0.1) is 36.0 Å². The van der Waals surface area contributed by atoms with Crippen molar-refractivity contribution >= 4 is 17.7 Å². The summed E-state index contributed by atoms with van der Waals surface area (Å²) in [5.41, 5.74) is -0.442. The molecule has 0 aliphatic carbocycles. The van der Waals surface area contributed by atoms with Gasteiger partial charge in [-0.25, -0.2) is 31.4 Å². The molecule has 34 heavy (non-hydrogen) atoms. The number of carbonyl (C=O) groups excluding carboxylic acids is 1. The Morgan fingerprint density at radius 2 is 1.47 bits per heavy atom. The molecule has 182 valence electrons. The molecular weight excluding hydrogens is 479 g/mol. The van der Waals surface area contributed by atoms with Gasteiger partial charge in [-0.1, -0.05) is 11.8 Å². The molecule has 3 aromatic rings. The Labute approximate surface area is 196 Å². The molecular formula is C23H21F5N2O3S. The molecule has 11 heteroatoms. The first-order valence-electron chi connectivity index (χ1n) is 10.1. The summed E-state index contributed by atoms with van der Waals surface area (Å²) in [5, 5.41) is 4.28. The average molecular weight is 500 g/mol. The van der Waals surface area contributed by atoms with Crippen LogP contribution in [0.25, 0.3) is 0 Å². The highest BCUT2D eigenvalue weighted by Crippen LogP contribution is 2.43. The number of aromatic nitrogens is 2. The number of benzene rings is 2. The number of hydrogen-bond donors (Lipinski definition) is 0. The molecule has 0 bridgehead atoms. The first-order chi connectivity index (χ1) is 15.9. The fourth-order valence-corrected chi connectivity index (χ4v) is 3.90. The number of halogens is 5. The van der Waals surface area contributed by atoms with Crippen LogP contribution in [0.5, 0.6) is 11.6 Å². The highest BCUT2D eigenvalue weighted by atomic mass is 32.2. The van der Waals surface area contributed by atoms with Crippen LogP contribution in [-0.4, -0.2) is 22.4 Å². The van der Waals surface area contributed by atoms with Gasteiger partial charge in [-0.05, 0) is 58.9 Å². The quantitative estimate of drug-likeness (QED) is 0.169. The molecule has 0 spiro atoms. The predicted octanol–water partition coefficient (Wildman–Crippen LogP) is 6.41. The van der Waals surface area contributed by atoms with Crippen LogP contribution in [0.15, 0.2) is 34.1 Å². The lowest BCUT2D eigenvalue weighted by Gasteiger charge is -2.22. The maximum absolute atomic E-state index is 14.3. The molecule has 0 aliphatic rings. The largest absolute Gasteiger partial charge is 0.494 e. The van der Waals surface area contributed by atoms with Gasteiger partial charge in [0.25, 0.3) is 0 Å². The number of hydrogen-bond acceptors (Lipinski definition) is 5. The molecule has 0 unspecified atom stereocenters. The van der Waals surface area contributed by atoms with Gasteiger partial charge in [-0.15, -0.1) is 0 Å². The molecule has 5 nitrogen and oxygen atoms in total. The molecule has 0 aliphatic heterocycles. The second-order valence-corrected chi connectivity index (χ2v) is 9.17. The van der Waals surface area contributed by atoms with Crippen molar-refractivity contribution in [3.05, 3.63) is 64.6 Å². The minimum Gasteiger partial charge on any atom is -0.494 e. The fraction of sp³-hybridized carbons (Fsp3) is 0.304. The monoisotopic (exact) mass is 500 g/mol. The van der Waals surface area contributed by atoms with E-state index < -0.39 is 45.5 Å². The van der Waals surface area contributed by atoms with Crippen LogP contribution in [0.1, 0.15) is 43.7 Å². The van der Waals surface area contributed by atoms with Gasteiger partial charge < -0.3 is 9.47 Å². The van der Waals surface area contributed by atoms with Crippen molar-refractivity contribution in [2.45, 2.75) is 49.9 Å². The molecule has 1 aromatic heterocycles. The van der Waals surface area contributed by atoms with E-state index in [2.05, 4.69) is 5.10 Å². The number of nitrogens with zero attached hydrogens (tertiary/aromatic N) is 2. The lowest BCUT2D eigenvalue weighted by Crippen LogP contribution is -2.25. The van der Waals surface area contributed by atoms with Crippen LogP contribution >= 0.6 is 11.8 Å². The summed E-state index contributed by atoms with van der Waals surface area (Å²) in [6.45, 7) is 8.92. The van der Waals surface area contributed by atoms with E-state index in [4.69, 9.17) is 9.47 Å². The maximum Gasteiger partial charge on any atom is 0.344 e. The van der Waals surface area contributed by atoms with E-state index >= 15 is 0 Å². The Bertz CT molecular complexity index is 1210. The van der Waals surface area contributed by atoms with E-state index in [0.717, 1.165) is 0 Å². The average Bonchev–Trinajstić information content (AvgIpc) is 3.10. The summed E-state index contributed by atoms with van der Waals surface area (Å²) in [4.78, 5) is 11.6. The van der Waals surface area contributed by atoms with Crippen molar-refractivity contribution < 1.29 is 36.2 Å². The first kappa shape index (κ1) is 25.5. The fourth-order valence-electron chi connectivity index (χ4n) is 2.93. The van der Waals surface area contributed by atoms with Gasteiger partial charge in [-0.2, -0.15) is 5.10 Å². The van der Waals surface area contributed by atoms with Gasteiger partial charge in [0.2, 0.25) is 11.7 Å². The number of aryl methyl sites for hydroxylation is 1. The van der Waals surface area contributed by atoms with Gasteiger partial charge >= 0.3 is 5.97 Å². The van der Waals surface area contributed by atoms with Gasteiger partial charge in [0, 0.05) is 0 Å². The van der Waals surface area contributed by atoms with Gasteiger partial charge in [0.15, 0.2) is 23.3 Å². The Balaban J connectivity index is 2.07. The van der Waals surface area contributed by atoms with Gasteiger partial charge in [-0.3, -0.25) is 0 Å². The lowest BCUT2D eigenvalue weighted by atomic mass is 10.1. The SMILES string of the molecule is CCOc1ccc(C(=O)Oc2c(Sc3c(F)c(F)c(F)c(F)c3F)c(C)nn2C(C)(C)C)cc1. The Hall–Kier alpha value is -3.08. The summed E-state index contributed by atoms with van der Waals surface area (Å²) in [6.07, 6.45) is 0. The molecule has 1 heterocycles. The minimum absolute atomic E-state index is 0.0718. The molecule has 0 amide bonds. The molecule has 0 atom stereocenters. The number of ether oxygens (including phenoxy) is 2. The maximum atomic E-state index is 14.3. The van der Waals surface area contributed by atoms with E-state index in [1.165, 1.54) is 23.7 Å². The minimum atomic E-state index is -2.26. The second-order valence-electron chi connectivity index (χ2n) is 8.15. The zero-order chi connectivity index (χ0) is 25.4. The van der Waals surface area contributed by atoms with Crippen molar-refractivity contribution in [1.29, 1.82) is 0 Å². The van der Waals surface area contributed by atoms with Crippen LogP contribution in [0.2, 0.25) is 0 Å². The van der Waals surface area contributed by atoms with Crippen LogP contribution in [0.4, 0.5) is 22.0 Å². The molecule has 0 saturated carbocycles. The van der Waals surface area contributed by atoms with E-state index in [1.807, 2.05) is 6.92 Å². The van der Waals surface area contributed by atoms with E-state index in [1.54, 1.807) is 32.9 Å². The molecule has 0 fully saturated rings. The standard InChI is InChI=1S/C23H21F5N2O3S/c1-6-32-13-9-7-12(8-10-13)22(31)33-21-19(11(2)29-30(21)23(3,4)5)34-20-17(27)15(25)14(24)16(26)18(20)28/h7-10H,6H2,1-5H3. The molecule has 2 aromatic carbocycles. The Kier molecular flexibility index (Phi) is 7.25. The van der Waals surface area contributed by atoms with Crippen molar-refractivity contribution in [1.82, 2.24) is 9.78 Å². The van der Waals surface area contributed by atoms with Gasteiger partial charge in [0.1, 0.15) is 5.75 Å². The normalized spacial score (nSPS) is 11.6. The Morgan fingerprint density at radius 1 is 0.941 bits per heavy atom. The van der Waals surface area contributed by atoms with E-state index in [-0.39, 0.29) is 33.8 Å². The lowest BCUT2D eigenvalue weighted by molar-refractivity contribution is 0.0704. The molecule has 0 N–H and O–H groups in total. The van der Waals surface area contributed by atoms with E-state index in [9.17, 15) is 26.7 Å². The number of carbonyl (C=O) groups is 1. The third-order valence-corrected chi connectivity index (χ3v) is 5.80. The van der Waals surface area contributed by atoms with Crippen molar-refractivity contribution in [2.24, 2.45) is 0 Å². The van der Waals surface area contributed by atoms with Crippen LogP contribution in [0.3, 0.4) is 0 Å². The summed E-state index contributed by atoms with van der Waals surface area (Å²) >= 11 is 0.237. The van der Waals surface area contributed by atoms with E-state index in [0.29, 0.717) is 12.4 Å². The van der Waals surface area contributed by atoms with Crippen molar-refractivity contribution in [3.63, 3.8) is 0 Å². The van der Waals surface area contributed by atoms with Crippen molar-refractivity contribution in [2.75, 3.05) is 6.61 Å². The highest BCUT2D eigenvalue weighted by Gasteiger charge is 2.32. The summed E-state index contributed by atoms with van der Waals surface area (Å²) < 4.78 is 81.8. The number of esters is 1. The molecule has 0 saturated heterocycles. The zero-order valence-corrected chi connectivity index (χ0v) is 19.8. The molecule has 3 rings (SSSR count). The molecule has 0 radical (unpaired) electrons. The van der Waals surface area contributed by atoms with Crippen molar-refractivity contribution in [3.8, 4) is 11.6 Å². The van der Waals surface area contributed by atoms with Crippen LogP contribution < -0.4 is 9.47 Å². The van der Waals surface area contributed by atoms with Crippen LogP contribution in [-0.2, 0) is 5.54 Å². The first-order valence-corrected chi connectivity index (χ1v) is 10.9.